The molecule has 0 atom stereocenters. The molecule has 0 unspecified atom stereocenters. The van der Waals surface area contributed by atoms with E-state index in [1.807, 2.05) is 30.3 Å². The summed E-state index contributed by atoms with van der Waals surface area (Å²) in [5.41, 5.74) is 2.71. The summed E-state index contributed by atoms with van der Waals surface area (Å²) in [6, 6.07) is 12.5. The Hall–Kier alpha value is -1.72. The van der Waals surface area contributed by atoms with Gasteiger partial charge in [-0.2, -0.15) is 0 Å². The van der Waals surface area contributed by atoms with Gasteiger partial charge in [-0.1, -0.05) is 34.1 Å². The second kappa shape index (κ2) is 5.95. The van der Waals surface area contributed by atoms with Gasteiger partial charge in [0.1, 0.15) is 5.82 Å². The van der Waals surface area contributed by atoms with E-state index in [9.17, 15) is 9.18 Å². The Morgan fingerprint density at radius 1 is 1.19 bits per heavy atom. The lowest BCUT2D eigenvalue weighted by Gasteiger charge is -2.23. The molecule has 5 heteroatoms. The highest BCUT2D eigenvalue weighted by molar-refractivity contribution is 9.10. The fourth-order valence-corrected chi connectivity index (χ4v) is 3.03. The standard InChI is InChI=1S/C16H14BrFN2O/c17-13-5-11(6-14(18)7-13)10-20-15-4-2-1-3-12(15)8-19-9-16(20)21/h1-7,19H,8-10H2. The Morgan fingerprint density at radius 3 is 2.81 bits per heavy atom. The summed E-state index contributed by atoms with van der Waals surface area (Å²) in [5, 5.41) is 3.12. The Balaban J connectivity index is 1.97. The molecule has 1 aliphatic heterocycles. The lowest BCUT2D eigenvalue weighted by molar-refractivity contribution is -0.117. The van der Waals surface area contributed by atoms with Crippen LogP contribution in [0.2, 0.25) is 0 Å². The number of nitrogens with one attached hydrogen (secondary N) is 1. The van der Waals surface area contributed by atoms with Crippen LogP contribution in [-0.2, 0) is 17.9 Å². The van der Waals surface area contributed by atoms with Crippen LogP contribution in [0.4, 0.5) is 10.1 Å². The Morgan fingerprint density at radius 2 is 2.00 bits per heavy atom. The predicted octanol–water partition coefficient (Wildman–Crippen LogP) is 3.22. The van der Waals surface area contributed by atoms with Crippen LogP contribution in [0.5, 0.6) is 0 Å². The maximum Gasteiger partial charge on any atom is 0.241 e. The first-order valence-corrected chi connectivity index (χ1v) is 7.47. The minimum Gasteiger partial charge on any atom is -0.307 e. The van der Waals surface area contributed by atoms with Crippen LogP contribution in [0.3, 0.4) is 0 Å². The average molecular weight is 349 g/mol. The van der Waals surface area contributed by atoms with E-state index in [1.54, 1.807) is 4.90 Å². The number of carbonyl (C=O) groups is 1. The van der Waals surface area contributed by atoms with Crippen LogP contribution in [0.1, 0.15) is 11.1 Å². The molecule has 3 nitrogen and oxygen atoms in total. The molecule has 1 aliphatic rings. The van der Waals surface area contributed by atoms with Crippen LogP contribution >= 0.6 is 15.9 Å². The van der Waals surface area contributed by atoms with E-state index in [4.69, 9.17) is 0 Å². The highest BCUT2D eigenvalue weighted by atomic mass is 79.9. The third kappa shape index (κ3) is 3.14. The van der Waals surface area contributed by atoms with E-state index in [-0.39, 0.29) is 18.3 Å². The van der Waals surface area contributed by atoms with Crippen molar-refractivity contribution in [3.8, 4) is 0 Å². The van der Waals surface area contributed by atoms with E-state index >= 15 is 0 Å². The zero-order chi connectivity index (χ0) is 14.8. The fraction of sp³-hybridized carbons (Fsp3) is 0.188. The topological polar surface area (TPSA) is 32.3 Å². The molecule has 1 amide bonds. The molecule has 108 valence electrons. The quantitative estimate of drug-likeness (QED) is 0.903. The third-order valence-electron chi connectivity index (χ3n) is 3.44. The molecule has 3 rings (SSSR count). The Bertz CT molecular complexity index is 669. The second-order valence-corrected chi connectivity index (χ2v) is 5.91. The summed E-state index contributed by atoms with van der Waals surface area (Å²) >= 11 is 3.28. The average Bonchev–Trinajstić information content (AvgIpc) is 2.58. The van der Waals surface area contributed by atoms with E-state index < -0.39 is 0 Å². The molecule has 1 heterocycles. The number of amides is 1. The van der Waals surface area contributed by atoms with Gasteiger partial charge in [-0.15, -0.1) is 0 Å². The van der Waals surface area contributed by atoms with Crippen LogP contribution in [0.15, 0.2) is 46.9 Å². The largest absolute Gasteiger partial charge is 0.307 e. The maximum atomic E-state index is 13.5. The van der Waals surface area contributed by atoms with E-state index in [1.165, 1.54) is 12.1 Å². The first kappa shape index (κ1) is 14.2. The lowest BCUT2D eigenvalue weighted by Crippen LogP contribution is -2.35. The van der Waals surface area contributed by atoms with Crippen LogP contribution < -0.4 is 10.2 Å². The molecule has 0 aromatic heterocycles. The number of halogens is 2. The zero-order valence-corrected chi connectivity index (χ0v) is 12.9. The van der Waals surface area contributed by atoms with Crippen molar-refractivity contribution >= 4 is 27.5 Å². The molecule has 0 saturated heterocycles. The van der Waals surface area contributed by atoms with Crippen molar-refractivity contribution in [2.75, 3.05) is 11.4 Å². The van der Waals surface area contributed by atoms with Gasteiger partial charge in [-0.25, -0.2) is 4.39 Å². The Kier molecular flexibility index (Phi) is 4.03. The first-order valence-electron chi connectivity index (χ1n) is 6.67. The van der Waals surface area contributed by atoms with Crippen molar-refractivity contribution < 1.29 is 9.18 Å². The Labute approximate surface area is 130 Å². The summed E-state index contributed by atoms with van der Waals surface area (Å²) in [6.45, 7) is 1.30. The maximum absolute atomic E-state index is 13.5. The summed E-state index contributed by atoms with van der Waals surface area (Å²) < 4.78 is 14.2. The van der Waals surface area contributed by atoms with E-state index in [2.05, 4.69) is 21.2 Å². The SMILES string of the molecule is O=C1CNCc2ccccc2N1Cc1cc(F)cc(Br)c1. The van der Waals surface area contributed by atoms with Crippen molar-refractivity contribution in [1.82, 2.24) is 5.32 Å². The van der Waals surface area contributed by atoms with Gasteiger partial charge < -0.3 is 10.2 Å². The smallest absolute Gasteiger partial charge is 0.241 e. The molecule has 0 bridgehead atoms. The summed E-state index contributed by atoms with van der Waals surface area (Å²) in [7, 11) is 0. The second-order valence-electron chi connectivity index (χ2n) is 4.99. The summed E-state index contributed by atoms with van der Waals surface area (Å²) in [4.78, 5) is 14.0. The van der Waals surface area contributed by atoms with E-state index in [0.29, 0.717) is 17.6 Å². The molecule has 21 heavy (non-hydrogen) atoms. The molecule has 0 spiro atoms. The van der Waals surface area contributed by atoms with Crippen LogP contribution in [0, 0.1) is 5.82 Å². The predicted molar refractivity (Wildman–Crippen MR) is 83.4 cm³/mol. The molecule has 0 fully saturated rings. The summed E-state index contributed by atoms with van der Waals surface area (Å²) in [6.07, 6.45) is 0. The first-order chi connectivity index (χ1) is 10.1. The van der Waals surface area contributed by atoms with Gasteiger partial charge in [0.2, 0.25) is 5.91 Å². The minimum atomic E-state index is -0.312. The number of carbonyl (C=O) groups excluding carboxylic acids is 1. The monoisotopic (exact) mass is 348 g/mol. The highest BCUT2D eigenvalue weighted by Gasteiger charge is 2.21. The number of para-hydroxylation sites is 1. The molecular weight excluding hydrogens is 335 g/mol. The van der Waals surface area contributed by atoms with Gasteiger partial charge in [-0.3, -0.25) is 4.79 Å². The molecule has 1 N–H and O–H groups in total. The number of nitrogens with zero attached hydrogens (tertiary/aromatic N) is 1. The van der Waals surface area contributed by atoms with Gasteiger partial charge in [-0.05, 0) is 35.4 Å². The normalized spacial score (nSPS) is 14.8. The van der Waals surface area contributed by atoms with Crippen LogP contribution in [0.25, 0.3) is 0 Å². The number of rotatable bonds is 2. The molecule has 0 saturated carbocycles. The van der Waals surface area contributed by atoms with Gasteiger partial charge in [0.25, 0.3) is 0 Å². The van der Waals surface area contributed by atoms with Crippen molar-refractivity contribution in [1.29, 1.82) is 0 Å². The van der Waals surface area contributed by atoms with Gasteiger partial charge in [0, 0.05) is 16.7 Å². The van der Waals surface area contributed by atoms with Gasteiger partial charge in [0.15, 0.2) is 0 Å². The van der Waals surface area contributed by atoms with Crippen molar-refractivity contribution in [2.24, 2.45) is 0 Å². The van der Waals surface area contributed by atoms with Crippen molar-refractivity contribution in [3.63, 3.8) is 0 Å². The number of fused-ring (bicyclic) bond motifs is 1. The summed E-state index contributed by atoms with van der Waals surface area (Å²) in [5.74, 6) is -0.326. The minimum absolute atomic E-state index is 0.0136. The van der Waals surface area contributed by atoms with Gasteiger partial charge in [0.05, 0.1) is 13.1 Å². The number of hydrogen-bond acceptors (Lipinski definition) is 2. The fourth-order valence-electron chi connectivity index (χ4n) is 2.52. The zero-order valence-electron chi connectivity index (χ0n) is 11.3. The van der Waals surface area contributed by atoms with E-state index in [0.717, 1.165) is 16.8 Å². The van der Waals surface area contributed by atoms with Crippen molar-refractivity contribution in [2.45, 2.75) is 13.1 Å². The number of benzene rings is 2. The third-order valence-corrected chi connectivity index (χ3v) is 3.90. The molecule has 2 aromatic rings. The number of hydrogen-bond donors (Lipinski definition) is 1. The highest BCUT2D eigenvalue weighted by Crippen LogP contribution is 2.25. The molecule has 0 radical (unpaired) electrons. The van der Waals surface area contributed by atoms with Crippen LogP contribution in [-0.4, -0.2) is 12.5 Å². The number of anilines is 1. The molecular formula is C16H14BrFN2O. The molecule has 2 aromatic carbocycles. The van der Waals surface area contributed by atoms with Gasteiger partial charge >= 0.3 is 0 Å². The van der Waals surface area contributed by atoms with Crippen molar-refractivity contribution in [3.05, 3.63) is 63.9 Å². The molecule has 0 aliphatic carbocycles. The lowest BCUT2D eigenvalue weighted by atomic mass is 10.1.